The molecule has 2 aromatic heterocycles. The van der Waals surface area contributed by atoms with E-state index in [1.165, 1.54) is 12.1 Å². The first-order chi connectivity index (χ1) is 16.8. The van der Waals surface area contributed by atoms with Crippen molar-refractivity contribution in [1.29, 1.82) is 0 Å². The van der Waals surface area contributed by atoms with Crippen LogP contribution >= 0.6 is 11.6 Å². The van der Waals surface area contributed by atoms with Crippen molar-refractivity contribution in [2.75, 3.05) is 17.1 Å². The molecular formula is C25H29ClN6O2S. The molecule has 1 fully saturated rings. The smallest absolute Gasteiger partial charge is 0.264 e. The van der Waals surface area contributed by atoms with Gasteiger partial charge in [-0.15, -0.1) is 0 Å². The Morgan fingerprint density at radius 2 is 1.66 bits per heavy atom. The van der Waals surface area contributed by atoms with Gasteiger partial charge < -0.3 is 10.6 Å². The first-order valence-corrected chi connectivity index (χ1v) is 13.4. The second kappa shape index (κ2) is 11.2. The molecule has 1 aliphatic carbocycles. The lowest BCUT2D eigenvalue weighted by Crippen LogP contribution is -2.35. The standard InChI is InChI=1S/C25H29ClN6O2S/c1-17-19(9-14-24(30-17)32-35(33,34)23-6-4-3-5-22(23)26)8-7-18-15-28-25(29-16-18)31-21-12-10-20(27-2)11-13-21/h3-9,14-16,20-21,27H,10-13H2,1-2H3,(H,30,32)(H,28,29,31)/b8-7+. The van der Waals surface area contributed by atoms with Crippen molar-refractivity contribution in [3.05, 3.63) is 70.6 Å². The third-order valence-corrected chi connectivity index (χ3v) is 7.94. The lowest BCUT2D eigenvalue weighted by Gasteiger charge is -2.28. The number of halogens is 1. The molecule has 0 saturated heterocycles. The lowest BCUT2D eigenvalue weighted by molar-refractivity contribution is 0.370. The van der Waals surface area contributed by atoms with E-state index in [-0.39, 0.29) is 15.7 Å². The van der Waals surface area contributed by atoms with E-state index in [4.69, 9.17) is 11.6 Å². The number of rotatable bonds is 8. The van der Waals surface area contributed by atoms with E-state index < -0.39 is 10.0 Å². The van der Waals surface area contributed by atoms with Gasteiger partial charge in [0.1, 0.15) is 10.7 Å². The summed E-state index contributed by atoms with van der Waals surface area (Å²) in [5.74, 6) is 0.866. The number of aryl methyl sites for hydroxylation is 1. The third kappa shape index (κ3) is 6.56. The van der Waals surface area contributed by atoms with Gasteiger partial charge in [-0.25, -0.2) is 23.4 Å². The van der Waals surface area contributed by atoms with E-state index in [0.717, 1.165) is 36.8 Å². The van der Waals surface area contributed by atoms with Crippen LogP contribution < -0.4 is 15.4 Å². The van der Waals surface area contributed by atoms with Crippen LogP contribution in [0.2, 0.25) is 5.02 Å². The van der Waals surface area contributed by atoms with Crippen molar-refractivity contribution in [1.82, 2.24) is 20.3 Å². The first-order valence-electron chi connectivity index (χ1n) is 11.5. The zero-order valence-corrected chi connectivity index (χ0v) is 21.3. The molecule has 0 spiro atoms. The van der Waals surface area contributed by atoms with Gasteiger partial charge in [0.05, 0.1) is 5.02 Å². The van der Waals surface area contributed by atoms with Crippen molar-refractivity contribution in [3.63, 3.8) is 0 Å². The van der Waals surface area contributed by atoms with Crippen LogP contribution in [0.5, 0.6) is 0 Å². The monoisotopic (exact) mass is 512 g/mol. The van der Waals surface area contributed by atoms with Crippen LogP contribution in [0.15, 0.2) is 53.7 Å². The highest BCUT2D eigenvalue weighted by atomic mass is 35.5. The second-order valence-corrected chi connectivity index (χ2v) is 10.6. The van der Waals surface area contributed by atoms with Crippen LogP contribution in [0.1, 0.15) is 42.5 Å². The van der Waals surface area contributed by atoms with Crippen molar-refractivity contribution in [3.8, 4) is 0 Å². The highest BCUT2D eigenvalue weighted by Crippen LogP contribution is 2.24. The van der Waals surface area contributed by atoms with Crippen molar-refractivity contribution in [2.45, 2.75) is 49.6 Å². The van der Waals surface area contributed by atoms with Crippen molar-refractivity contribution < 1.29 is 8.42 Å². The van der Waals surface area contributed by atoms with E-state index in [2.05, 4.69) is 30.3 Å². The predicted molar refractivity (Wildman–Crippen MR) is 141 cm³/mol. The topological polar surface area (TPSA) is 109 Å². The number of anilines is 2. The largest absolute Gasteiger partial charge is 0.351 e. The van der Waals surface area contributed by atoms with Gasteiger partial charge in [0.25, 0.3) is 10.0 Å². The Bertz CT molecular complexity index is 1290. The van der Waals surface area contributed by atoms with E-state index in [1.807, 2.05) is 32.2 Å². The summed E-state index contributed by atoms with van der Waals surface area (Å²) in [6, 6.07) is 10.7. The fraction of sp³-hybridized carbons (Fsp3) is 0.320. The Kier molecular flexibility index (Phi) is 8.00. The minimum Gasteiger partial charge on any atom is -0.351 e. The van der Waals surface area contributed by atoms with Gasteiger partial charge in [-0.1, -0.05) is 35.9 Å². The van der Waals surface area contributed by atoms with Gasteiger partial charge in [0.2, 0.25) is 5.95 Å². The molecule has 8 nitrogen and oxygen atoms in total. The number of aromatic nitrogens is 3. The SMILES string of the molecule is CNC1CCC(Nc2ncc(/C=C/c3ccc(NS(=O)(=O)c4ccccc4Cl)nc3C)cn2)CC1. The molecule has 0 radical (unpaired) electrons. The molecule has 3 N–H and O–H groups in total. The fourth-order valence-corrected chi connectivity index (χ4v) is 5.58. The predicted octanol–water partition coefficient (Wildman–Crippen LogP) is 4.75. The first kappa shape index (κ1) is 25.1. The van der Waals surface area contributed by atoms with Gasteiger partial charge in [0, 0.05) is 35.7 Å². The molecule has 0 amide bonds. The number of nitrogens with zero attached hydrogens (tertiary/aromatic N) is 3. The molecule has 1 aromatic carbocycles. The normalized spacial score (nSPS) is 18.5. The minimum atomic E-state index is -3.84. The molecule has 0 unspecified atom stereocenters. The van der Waals surface area contributed by atoms with Crippen LogP contribution in [0, 0.1) is 6.92 Å². The summed E-state index contributed by atoms with van der Waals surface area (Å²) in [6.45, 7) is 1.82. The number of benzene rings is 1. The third-order valence-electron chi connectivity index (χ3n) is 6.09. The van der Waals surface area contributed by atoms with E-state index in [9.17, 15) is 8.42 Å². The maximum absolute atomic E-state index is 12.6. The lowest BCUT2D eigenvalue weighted by atomic mass is 9.91. The zero-order chi connectivity index (χ0) is 24.8. The molecular weight excluding hydrogens is 484 g/mol. The number of hydrogen-bond donors (Lipinski definition) is 3. The van der Waals surface area contributed by atoms with Crippen LogP contribution in [0.3, 0.4) is 0 Å². The maximum Gasteiger partial charge on any atom is 0.264 e. The molecule has 1 saturated carbocycles. The zero-order valence-electron chi connectivity index (χ0n) is 19.7. The van der Waals surface area contributed by atoms with Crippen LogP contribution in [0.4, 0.5) is 11.8 Å². The van der Waals surface area contributed by atoms with Gasteiger partial charge in [-0.05, 0) is 69.5 Å². The quantitative estimate of drug-likeness (QED) is 0.399. The number of pyridine rings is 1. The van der Waals surface area contributed by atoms with Crippen molar-refractivity contribution in [2.24, 2.45) is 0 Å². The van der Waals surface area contributed by atoms with E-state index >= 15 is 0 Å². The minimum absolute atomic E-state index is 0.00804. The van der Waals surface area contributed by atoms with Crippen LogP contribution in [-0.2, 0) is 10.0 Å². The molecule has 0 bridgehead atoms. The van der Waals surface area contributed by atoms with E-state index in [0.29, 0.717) is 23.7 Å². The number of sulfonamides is 1. The van der Waals surface area contributed by atoms with Gasteiger partial charge in [0.15, 0.2) is 0 Å². The molecule has 4 rings (SSSR count). The summed E-state index contributed by atoms with van der Waals surface area (Å²) < 4.78 is 27.8. The Morgan fingerprint density at radius 1 is 0.971 bits per heavy atom. The Morgan fingerprint density at radius 3 is 2.31 bits per heavy atom. The molecule has 2 heterocycles. The highest BCUT2D eigenvalue weighted by molar-refractivity contribution is 7.92. The van der Waals surface area contributed by atoms with Gasteiger partial charge >= 0.3 is 0 Å². The van der Waals surface area contributed by atoms with Crippen molar-refractivity contribution >= 4 is 45.5 Å². The Balaban J connectivity index is 1.37. The van der Waals surface area contributed by atoms with Gasteiger partial charge in [-0.2, -0.15) is 0 Å². The van der Waals surface area contributed by atoms with Crippen LogP contribution in [0.25, 0.3) is 12.2 Å². The second-order valence-electron chi connectivity index (χ2n) is 8.56. The Labute approximate surface area is 211 Å². The molecule has 0 atom stereocenters. The summed E-state index contributed by atoms with van der Waals surface area (Å²) in [6.07, 6.45) is 11.9. The number of nitrogens with one attached hydrogen (secondary N) is 3. The summed E-state index contributed by atoms with van der Waals surface area (Å²) in [5, 5.41) is 6.92. The average molecular weight is 513 g/mol. The van der Waals surface area contributed by atoms with E-state index in [1.54, 1.807) is 30.6 Å². The highest BCUT2D eigenvalue weighted by Gasteiger charge is 2.20. The summed E-state index contributed by atoms with van der Waals surface area (Å²) >= 11 is 6.03. The summed E-state index contributed by atoms with van der Waals surface area (Å²) in [7, 11) is -1.82. The average Bonchev–Trinajstić information content (AvgIpc) is 2.85. The summed E-state index contributed by atoms with van der Waals surface area (Å²) in [5.41, 5.74) is 2.39. The fourth-order valence-electron chi connectivity index (χ4n) is 4.05. The molecule has 184 valence electrons. The summed E-state index contributed by atoms with van der Waals surface area (Å²) in [4.78, 5) is 13.3. The maximum atomic E-state index is 12.6. The number of hydrogen-bond acceptors (Lipinski definition) is 7. The molecule has 0 aliphatic heterocycles. The van der Waals surface area contributed by atoms with Crippen LogP contribution in [-0.4, -0.2) is 42.5 Å². The molecule has 35 heavy (non-hydrogen) atoms. The Hall–Kier alpha value is -3.01. The molecule has 3 aromatic rings. The molecule has 10 heteroatoms. The van der Waals surface area contributed by atoms with Gasteiger partial charge in [-0.3, -0.25) is 4.72 Å². The molecule has 1 aliphatic rings.